The highest BCUT2D eigenvalue weighted by Gasteiger charge is 2.23. The Morgan fingerprint density at radius 3 is 2.47 bits per heavy atom. The lowest BCUT2D eigenvalue weighted by Crippen LogP contribution is -2.41. The first-order chi connectivity index (χ1) is 8.02. The van der Waals surface area contributed by atoms with Gasteiger partial charge in [0.1, 0.15) is 6.04 Å². The molecule has 1 aliphatic rings. The Labute approximate surface area is 106 Å². The molecule has 0 bridgehead atoms. The van der Waals surface area contributed by atoms with Gasteiger partial charge < -0.3 is 15.7 Å². The fourth-order valence-electron chi connectivity index (χ4n) is 1.76. The summed E-state index contributed by atoms with van der Waals surface area (Å²) in [5.41, 5.74) is 5.40. The molecule has 1 fully saturated rings. The van der Waals surface area contributed by atoms with Crippen LogP contribution >= 0.6 is 11.8 Å². The quantitative estimate of drug-likeness (QED) is 0.753. The normalized spacial score (nSPS) is 19.8. The van der Waals surface area contributed by atoms with E-state index in [1.165, 1.54) is 18.2 Å². The number of carboxylic acids is 1. The van der Waals surface area contributed by atoms with E-state index in [1.807, 2.05) is 11.8 Å². The Morgan fingerprint density at radius 1 is 1.35 bits per heavy atom. The van der Waals surface area contributed by atoms with Gasteiger partial charge in [-0.05, 0) is 26.2 Å². The third-order valence-electron chi connectivity index (χ3n) is 2.86. The number of carbonyl (C=O) groups is 2. The van der Waals surface area contributed by atoms with E-state index in [9.17, 15) is 9.59 Å². The van der Waals surface area contributed by atoms with E-state index in [1.54, 1.807) is 0 Å². The maximum atomic E-state index is 12.0. The molecule has 1 aliphatic heterocycles. The van der Waals surface area contributed by atoms with E-state index in [2.05, 4.69) is 0 Å². The minimum Gasteiger partial charge on any atom is -0.480 e. The molecule has 1 unspecified atom stereocenters. The van der Waals surface area contributed by atoms with Crippen LogP contribution in [0.2, 0.25) is 0 Å². The molecule has 1 saturated heterocycles. The number of carboxylic acid groups (broad SMARTS) is 1. The Hall–Kier alpha value is -0.750. The van der Waals surface area contributed by atoms with Crippen LogP contribution in [0.15, 0.2) is 0 Å². The van der Waals surface area contributed by atoms with E-state index in [0.29, 0.717) is 0 Å². The maximum absolute atomic E-state index is 12.0. The molecule has 0 aromatic heterocycles. The zero-order valence-electron chi connectivity index (χ0n) is 10.1. The molecule has 0 saturated carbocycles. The summed E-state index contributed by atoms with van der Waals surface area (Å²) in [6, 6.07) is -0.892. The Morgan fingerprint density at radius 2 is 1.94 bits per heavy atom. The van der Waals surface area contributed by atoms with Crippen LogP contribution in [0, 0.1) is 0 Å². The predicted molar refractivity (Wildman–Crippen MR) is 68.0 cm³/mol. The highest BCUT2D eigenvalue weighted by molar-refractivity contribution is 8.00. The van der Waals surface area contributed by atoms with Crippen LogP contribution in [0.3, 0.4) is 0 Å². The number of aliphatic carboxylic acids is 1. The molecule has 0 aromatic rings. The van der Waals surface area contributed by atoms with Crippen molar-refractivity contribution >= 4 is 23.6 Å². The van der Waals surface area contributed by atoms with Crippen molar-refractivity contribution in [1.82, 2.24) is 4.90 Å². The van der Waals surface area contributed by atoms with Crippen LogP contribution in [-0.4, -0.2) is 52.0 Å². The first-order valence-electron chi connectivity index (χ1n) is 5.91. The van der Waals surface area contributed by atoms with Crippen molar-refractivity contribution in [2.24, 2.45) is 5.73 Å². The first-order valence-corrected chi connectivity index (χ1v) is 6.96. The largest absolute Gasteiger partial charge is 0.480 e. The molecule has 3 N–H and O–H groups in total. The van der Waals surface area contributed by atoms with Crippen LogP contribution in [0.4, 0.5) is 0 Å². The second kappa shape index (κ2) is 6.86. The molecule has 0 spiro atoms. The molecule has 6 heteroatoms. The number of thioether (sulfide) groups is 1. The molecule has 17 heavy (non-hydrogen) atoms. The van der Waals surface area contributed by atoms with Crippen LogP contribution in [0.1, 0.15) is 26.2 Å². The minimum atomic E-state index is -1.02. The SMILES string of the molecule is CC(SC[C@@H](N)C(=O)O)C(=O)N1CCCCC1. The van der Waals surface area contributed by atoms with Gasteiger partial charge in [-0.3, -0.25) is 9.59 Å². The van der Waals surface area contributed by atoms with E-state index < -0.39 is 12.0 Å². The van der Waals surface area contributed by atoms with Gasteiger partial charge in [0.2, 0.25) is 5.91 Å². The van der Waals surface area contributed by atoms with Crippen molar-refractivity contribution in [1.29, 1.82) is 0 Å². The molecule has 0 aliphatic carbocycles. The van der Waals surface area contributed by atoms with Gasteiger partial charge in [-0.2, -0.15) is 0 Å². The molecular formula is C11H20N2O3S. The standard InChI is InChI=1S/C11H20N2O3S/c1-8(17-7-9(12)11(15)16)10(14)13-5-3-2-4-6-13/h8-9H,2-7,12H2,1H3,(H,15,16)/t8?,9-/m1/s1. The Bertz CT molecular complexity index is 280. The minimum absolute atomic E-state index is 0.104. The van der Waals surface area contributed by atoms with Crippen molar-refractivity contribution in [3.05, 3.63) is 0 Å². The summed E-state index contributed by atoms with van der Waals surface area (Å²) < 4.78 is 0. The van der Waals surface area contributed by atoms with Crippen LogP contribution in [0.5, 0.6) is 0 Å². The summed E-state index contributed by atoms with van der Waals surface area (Å²) in [6.07, 6.45) is 3.32. The van der Waals surface area contributed by atoms with Crippen LogP contribution < -0.4 is 5.73 Å². The second-order valence-electron chi connectivity index (χ2n) is 4.31. The van der Waals surface area contributed by atoms with Gasteiger partial charge in [0, 0.05) is 18.8 Å². The highest BCUT2D eigenvalue weighted by Crippen LogP contribution is 2.17. The van der Waals surface area contributed by atoms with Crippen LogP contribution in [0.25, 0.3) is 0 Å². The number of amides is 1. The predicted octanol–water partition coefficient (Wildman–Crippen LogP) is 0.532. The fourth-order valence-corrected chi connectivity index (χ4v) is 2.69. The number of nitrogens with zero attached hydrogens (tertiary/aromatic N) is 1. The molecule has 1 amide bonds. The van der Waals surface area contributed by atoms with Crippen molar-refractivity contribution in [2.45, 2.75) is 37.5 Å². The van der Waals surface area contributed by atoms with Crippen molar-refractivity contribution in [2.75, 3.05) is 18.8 Å². The highest BCUT2D eigenvalue weighted by atomic mass is 32.2. The van der Waals surface area contributed by atoms with Gasteiger partial charge in [0.05, 0.1) is 5.25 Å². The van der Waals surface area contributed by atoms with Gasteiger partial charge >= 0.3 is 5.97 Å². The van der Waals surface area contributed by atoms with Gasteiger partial charge in [0.15, 0.2) is 0 Å². The second-order valence-corrected chi connectivity index (χ2v) is 5.68. The topological polar surface area (TPSA) is 83.6 Å². The maximum Gasteiger partial charge on any atom is 0.321 e. The van der Waals surface area contributed by atoms with Gasteiger partial charge in [-0.1, -0.05) is 0 Å². The number of rotatable bonds is 5. The van der Waals surface area contributed by atoms with E-state index >= 15 is 0 Å². The lowest BCUT2D eigenvalue weighted by atomic mass is 10.1. The number of hydrogen-bond donors (Lipinski definition) is 2. The summed E-state index contributed by atoms with van der Waals surface area (Å²) in [4.78, 5) is 24.4. The number of nitrogens with two attached hydrogens (primary N) is 1. The molecule has 2 atom stereocenters. The zero-order chi connectivity index (χ0) is 12.8. The number of hydrogen-bond acceptors (Lipinski definition) is 4. The van der Waals surface area contributed by atoms with Crippen molar-refractivity contribution in [3.63, 3.8) is 0 Å². The Kier molecular flexibility index (Phi) is 5.77. The third kappa shape index (κ3) is 4.55. The molecule has 5 nitrogen and oxygen atoms in total. The van der Waals surface area contributed by atoms with Crippen molar-refractivity contribution in [3.8, 4) is 0 Å². The molecule has 0 radical (unpaired) electrons. The van der Waals surface area contributed by atoms with E-state index in [0.717, 1.165) is 25.9 Å². The van der Waals surface area contributed by atoms with Gasteiger partial charge in [-0.15, -0.1) is 11.8 Å². The Balaban J connectivity index is 2.33. The van der Waals surface area contributed by atoms with Crippen LogP contribution in [-0.2, 0) is 9.59 Å². The first kappa shape index (κ1) is 14.3. The van der Waals surface area contributed by atoms with E-state index in [-0.39, 0.29) is 16.9 Å². The summed E-state index contributed by atoms with van der Waals surface area (Å²) in [5.74, 6) is -0.641. The summed E-state index contributed by atoms with van der Waals surface area (Å²) in [7, 11) is 0. The molecular weight excluding hydrogens is 240 g/mol. The van der Waals surface area contributed by atoms with Gasteiger partial charge in [-0.25, -0.2) is 0 Å². The summed E-state index contributed by atoms with van der Waals surface area (Å²) in [6.45, 7) is 3.47. The third-order valence-corrected chi connectivity index (χ3v) is 4.11. The van der Waals surface area contributed by atoms with Crippen molar-refractivity contribution < 1.29 is 14.7 Å². The average Bonchev–Trinajstić information content (AvgIpc) is 2.35. The molecule has 98 valence electrons. The number of likely N-dealkylation sites (tertiary alicyclic amines) is 1. The lowest BCUT2D eigenvalue weighted by molar-refractivity contribution is -0.138. The molecule has 1 rings (SSSR count). The zero-order valence-corrected chi connectivity index (χ0v) is 10.9. The molecule has 1 heterocycles. The number of piperidine rings is 1. The monoisotopic (exact) mass is 260 g/mol. The van der Waals surface area contributed by atoms with Gasteiger partial charge in [0.25, 0.3) is 0 Å². The molecule has 0 aromatic carbocycles. The summed E-state index contributed by atoms with van der Waals surface area (Å²) >= 11 is 1.32. The summed E-state index contributed by atoms with van der Waals surface area (Å²) in [5, 5.41) is 8.44. The smallest absolute Gasteiger partial charge is 0.321 e. The lowest BCUT2D eigenvalue weighted by Gasteiger charge is -2.29. The average molecular weight is 260 g/mol. The fraction of sp³-hybridized carbons (Fsp3) is 0.818. The van der Waals surface area contributed by atoms with E-state index in [4.69, 9.17) is 10.8 Å². The number of carbonyl (C=O) groups excluding carboxylic acids is 1.